The monoisotopic (exact) mass is 1160 g/mol. The van der Waals surface area contributed by atoms with Gasteiger partial charge in [-0.25, -0.2) is 4.79 Å². The number of aromatic nitrogens is 3. The Bertz CT molecular complexity index is 2950. The summed E-state index contributed by atoms with van der Waals surface area (Å²) in [6.45, 7) is 5.59. The molecule has 0 bridgehead atoms. The second-order valence-corrected chi connectivity index (χ2v) is 25.5. The molecule has 1 aromatic carbocycles. The average Bonchev–Trinajstić information content (AvgIpc) is 3.34. The predicted octanol–water partition coefficient (Wildman–Crippen LogP) is 2.17. The van der Waals surface area contributed by atoms with Crippen LogP contribution >= 0.6 is 0 Å². The molecule has 5 rings (SSSR count). The number of carboxylic acid groups (broad SMARTS) is 1. The number of nitrogens with zero attached hydrogens (tertiary/aromatic N) is 8. The van der Waals surface area contributed by atoms with Crippen molar-refractivity contribution < 1.29 is 76.1 Å². The minimum absolute atomic E-state index is 0.0149. The summed E-state index contributed by atoms with van der Waals surface area (Å²) in [7, 11) is -17.4. The highest BCUT2D eigenvalue weighted by molar-refractivity contribution is 7.86. The summed E-state index contributed by atoms with van der Waals surface area (Å²) in [4.78, 5) is 66.3. The van der Waals surface area contributed by atoms with Crippen LogP contribution in [0.2, 0.25) is 0 Å². The van der Waals surface area contributed by atoms with Crippen molar-refractivity contribution >= 4 is 87.6 Å². The number of rotatable bonds is 27. The van der Waals surface area contributed by atoms with E-state index in [9.17, 15) is 66.8 Å². The molecule has 0 aliphatic carbocycles. The third-order valence-electron chi connectivity index (χ3n) is 13.1. The molecule has 3 aliphatic heterocycles. The highest BCUT2D eigenvalue weighted by Crippen LogP contribution is 2.31. The van der Waals surface area contributed by atoms with E-state index >= 15 is 0 Å². The van der Waals surface area contributed by atoms with Crippen molar-refractivity contribution in [1.82, 2.24) is 20.3 Å². The SMILES string of the molecule is C/C(=C\C=C\C(CCCS(=O)(=O)O)=NCCCS(=O)(=O)O)N(CCCS(=O)(=O)O)c1cc(C(=O)NC2CCN(c3nc(N4CCC(N)CC4)nc(N4CCC(C(=O)O)CC4)n3)CC2)cc(C(=O)OCCCS(=O)(=O)O)c1C. The van der Waals surface area contributed by atoms with Gasteiger partial charge in [0.25, 0.3) is 46.4 Å². The molecule has 77 heavy (non-hydrogen) atoms. The Labute approximate surface area is 449 Å². The Balaban J connectivity index is 1.44. The number of aliphatic imine (C=N–C) groups is 1. The van der Waals surface area contributed by atoms with E-state index in [1.807, 2.05) is 9.80 Å². The number of anilines is 4. The largest absolute Gasteiger partial charge is 0.481 e. The summed E-state index contributed by atoms with van der Waals surface area (Å²) in [5, 5.41) is 12.6. The fraction of sp³-hybridized carbons (Fsp3) is 0.630. The number of benzene rings is 1. The highest BCUT2D eigenvalue weighted by Gasteiger charge is 2.31. The zero-order valence-electron chi connectivity index (χ0n) is 43.0. The summed E-state index contributed by atoms with van der Waals surface area (Å²) in [5.41, 5.74) is 7.23. The van der Waals surface area contributed by atoms with Gasteiger partial charge in [0, 0.05) is 87.1 Å². The van der Waals surface area contributed by atoms with Gasteiger partial charge in [-0.3, -0.25) is 32.8 Å². The van der Waals surface area contributed by atoms with E-state index in [0.717, 1.165) is 12.8 Å². The molecule has 3 fully saturated rings. The molecule has 0 atom stereocenters. The first-order valence-electron chi connectivity index (χ1n) is 25.1. The number of carboxylic acids is 1. The van der Waals surface area contributed by atoms with E-state index in [0.29, 0.717) is 94.2 Å². The van der Waals surface area contributed by atoms with Crippen LogP contribution in [0, 0.1) is 12.8 Å². The Morgan fingerprint density at radius 3 is 1.77 bits per heavy atom. The van der Waals surface area contributed by atoms with Crippen molar-refractivity contribution in [3.05, 3.63) is 52.7 Å². The lowest BCUT2D eigenvalue weighted by Crippen LogP contribution is -2.46. The molecular formula is C46H70N10O17S4. The number of ether oxygens (including phenoxy) is 1. The number of amides is 1. The number of nitrogens with one attached hydrogen (secondary N) is 1. The number of allylic oxidation sites excluding steroid dienone is 4. The van der Waals surface area contributed by atoms with E-state index in [1.165, 1.54) is 24.3 Å². The van der Waals surface area contributed by atoms with Gasteiger partial charge in [0.1, 0.15) is 0 Å². The topological polar surface area (TPSA) is 400 Å². The van der Waals surface area contributed by atoms with Crippen LogP contribution in [0.1, 0.15) is 104 Å². The number of nitrogens with two attached hydrogens (primary N) is 1. The Morgan fingerprint density at radius 1 is 0.740 bits per heavy atom. The van der Waals surface area contributed by atoms with Crippen LogP contribution in [0.5, 0.6) is 0 Å². The van der Waals surface area contributed by atoms with Gasteiger partial charge in [-0.05, 0) is 114 Å². The van der Waals surface area contributed by atoms with Gasteiger partial charge in [0.15, 0.2) is 0 Å². The Morgan fingerprint density at radius 2 is 1.23 bits per heavy atom. The summed E-state index contributed by atoms with van der Waals surface area (Å²) < 4.78 is 135. The minimum Gasteiger partial charge on any atom is -0.481 e. The second-order valence-electron chi connectivity index (χ2n) is 19.2. The smallest absolute Gasteiger partial charge is 0.338 e. The van der Waals surface area contributed by atoms with E-state index in [1.54, 1.807) is 24.8 Å². The first-order chi connectivity index (χ1) is 36.0. The van der Waals surface area contributed by atoms with Crippen LogP contribution in [0.3, 0.4) is 0 Å². The molecule has 1 amide bonds. The maximum absolute atomic E-state index is 14.4. The molecule has 0 radical (unpaired) electrons. The molecule has 3 saturated heterocycles. The van der Waals surface area contributed by atoms with Crippen molar-refractivity contribution in [2.45, 2.75) is 96.6 Å². The van der Waals surface area contributed by atoms with Gasteiger partial charge < -0.3 is 40.5 Å². The summed E-state index contributed by atoms with van der Waals surface area (Å²) >= 11 is 0. The van der Waals surface area contributed by atoms with E-state index in [4.69, 9.17) is 30.0 Å². The summed E-state index contributed by atoms with van der Waals surface area (Å²) in [5.74, 6) is -4.03. The zero-order valence-corrected chi connectivity index (χ0v) is 46.3. The second kappa shape index (κ2) is 28.0. The third kappa shape index (κ3) is 21.4. The summed E-state index contributed by atoms with van der Waals surface area (Å²) in [6.07, 6.45) is 7.31. The van der Waals surface area contributed by atoms with Crippen LogP contribution in [-0.4, -0.2) is 190 Å². The molecule has 2 aromatic rings. The van der Waals surface area contributed by atoms with Crippen molar-refractivity contribution in [3.8, 4) is 0 Å². The molecule has 430 valence electrons. The fourth-order valence-corrected chi connectivity index (χ4v) is 10.9. The maximum atomic E-state index is 14.4. The van der Waals surface area contributed by atoms with Gasteiger partial charge in [0.05, 0.1) is 41.1 Å². The maximum Gasteiger partial charge on any atom is 0.338 e. The van der Waals surface area contributed by atoms with Crippen molar-refractivity contribution in [2.75, 3.05) is 102 Å². The van der Waals surface area contributed by atoms with Crippen LogP contribution in [-0.2, 0) is 50.0 Å². The van der Waals surface area contributed by atoms with Gasteiger partial charge in [-0.1, -0.05) is 6.08 Å². The molecule has 1 aromatic heterocycles. The normalized spacial score (nSPS) is 17.3. The molecular weight excluding hydrogens is 1090 g/mol. The highest BCUT2D eigenvalue weighted by atomic mass is 32.2. The standard InChI is InChI=1S/C46H70N10O17S4/c1-32(8-3-9-37(10-4-26-74(61,62)63)48-17-5-27-75(64,65)66)56(18-6-28-76(67,68)69)40-31-35(30-39(33(40)2)43(60)73-25-7-29-77(70,71)72)41(57)49-38-15-23-55(24-16-38)46-51-44(53-19-11-34(12-20-53)42(58)59)50-45(52-46)54-21-13-36(47)14-22-54/h3,8-9,30-31,34,36,38H,4-7,10-29,47H2,1-2H3,(H,49,57)(H,58,59)(H,61,62,63)(H,64,65,66)(H,67,68,69)(H,70,71,72)/b9-3+,32-8+,48-37?. The number of carbonyl (C=O) groups is 3. The number of aliphatic carboxylic acids is 1. The Kier molecular flexibility index (Phi) is 22.7. The Hall–Kier alpha value is -5.41. The van der Waals surface area contributed by atoms with E-state index in [-0.39, 0.29) is 73.6 Å². The molecule has 27 nitrogen and oxygen atoms in total. The quantitative estimate of drug-likeness (QED) is 0.0221. The first kappa shape index (κ1) is 62.4. The van der Waals surface area contributed by atoms with Crippen LogP contribution in [0.4, 0.5) is 23.5 Å². The fourth-order valence-electron chi connectivity index (χ4n) is 8.89. The number of esters is 1. The van der Waals surface area contributed by atoms with Gasteiger partial charge in [0.2, 0.25) is 17.8 Å². The number of carbonyl (C=O) groups excluding carboxylic acids is 2. The molecule has 3 aliphatic rings. The molecule has 31 heteroatoms. The lowest BCUT2D eigenvalue weighted by molar-refractivity contribution is -0.142. The molecule has 0 spiro atoms. The van der Waals surface area contributed by atoms with Crippen molar-refractivity contribution in [3.63, 3.8) is 0 Å². The minimum atomic E-state index is -4.46. The number of piperidine rings is 3. The number of hydrogen-bond acceptors (Lipinski definition) is 21. The predicted molar refractivity (Wildman–Crippen MR) is 287 cm³/mol. The van der Waals surface area contributed by atoms with Crippen LogP contribution in [0.15, 0.2) is 41.1 Å². The van der Waals surface area contributed by atoms with Gasteiger partial charge in [-0.2, -0.15) is 48.6 Å². The van der Waals surface area contributed by atoms with Crippen molar-refractivity contribution in [2.24, 2.45) is 16.6 Å². The summed E-state index contributed by atoms with van der Waals surface area (Å²) in [6, 6.07) is 2.46. The first-order valence-corrected chi connectivity index (χ1v) is 31.6. The van der Waals surface area contributed by atoms with E-state index < -0.39 is 99.9 Å². The van der Waals surface area contributed by atoms with Crippen molar-refractivity contribution in [1.29, 1.82) is 0 Å². The molecule has 4 heterocycles. The lowest BCUT2D eigenvalue weighted by atomic mass is 9.97. The van der Waals surface area contributed by atoms with Gasteiger partial charge in [-0.15, -0.1) is 0 Å². The lowest BCUT2D eigenvalue weighted by Gasteiger charge is -2.35. The average molecular weight is 1160 g/mol. The number of hydrogen-bond donors (Lipinski definition) is 7. The molecule has 0 saturated carbocycles. The van der Waals surface area contributed by atoms with E-state index in [2.05, 4.69) is 15.2 Å². The zero-order chi connectivity index (χ0) is 56.7. The third-order valence-corrected chi connectivity index (χ3v) is 16.4. The molecule has 0 unspecified atom stereocenters. The molecule has 8 N–H and O–H groups in total. The van der Waals surface area contributed by atoms with Gasteiger partial charge >= 0.3 is 11.9 Å². The van der Waals surface area contributed by atoms with Crippen LogP contribution in [0.25, 0.3) is 0 Å². The van der Waals surface area contributed by atoms with Crippen LogP contribution < -0.4 is 30.7 Å².